The Hall–Kier alpha value is -1.85. The van der Waals surface area contributed by atoms with Gasteiger partial charge in [0.25, 0.3) is 0 Å². The van der Waals surface area contributed by atoms with Crippen molar-refractivity contribution in [1.29, 1.82) is 0 Å². The van der Waals surface area contributed by atoms with E-state index in [1.165, 1.54) is 289 Å². The van der Waals surface area contributed by atoms with Crippen molar-refractivity contribution in [3.63, 3.8) is 0 Å². The molecule has 0 saturated heterocycles. The van der Waals surface area contributed by atoms with Gasteiger partial charge in [0.05, 0.1) is 0 Å². The van der Waals surface area contributed by atoms with Gasteiger partial charge >= 0.3 is 17.9 Å². The molecule has 444 valence electrons. The second kappa shape index (κ2) is 64.7. The summed E-state index contributed by atoms with van der Waals surface area (Å²) in [6.45, 7) is 6.72. The molecule has 0 aliphatic heterocycles. The minimum absolute atomic E-state index is 0.0657. The van der Waals surface area contributed by atoms with E-state index in [2.05, 4.69) is 32.9 Å². The highest BCUT2D eigenvalue weighted by molar-refractivity contribution is 5.71. The molecule has 0 fully saturated rings. The van der Waals surface area contributed by atoms with Gasteiger partial charge in [-0.05, 0) is 44.9 Å². The number of carbonyl (C=O) groups excluding carboxylic acids is 3. The molecule has 6 heteroatoms. The zero-order valence-corrected chi connectivity index (χ0v) is 51.1. The fourth-order valence-electron chi connectivity index (χ4n) is 10.6. The minimum atomic E-state index is -0.769. The topological polar surface area (TPSA) is 78.9 Å². The number of rotatable bonds is 64. The van der Waals surface area contributed by atoms with Crippen molar-refractivity contribution in [2.45, 2.75) is 399 Å². The molecular formula is C69H132O6. The molecule has 6 nitrogen and oxygen atoms in total. The first kappa shape index (κ1) is 73.2. The van der Waals surface area contributed by atoms with E-state index in [4.69, 9.17) is 14.2 Å². The van der Waals surface area contributed by atoms with Crippen molar-refractivity contribution < 1.29 is 28.6 Å². The highest BCUT2D eigenvalue weighted by Crippen LogP contribution is 2.19. The zero-order valence-electron chi connectivity index (χ0n) is 51.1. The lowest BCUT2D eigenvalue weighted by molar-refractivity contribution is -0.167. The molecule has 0 aromatic carbocycles. The van der Waals surface area contributed by atoms with Crippen LogP contribution in [0.2, 0.25) is 0 Å². The number of unbranched alkanes of at least 4 members (excludes halogenated alkanes) is 51. The van der Waals surface area contributed by atoms with Crippen molar-refractivity contribution >= 4 is 17.9 Å². The van der Waals surface area contributed by atoms with Crippen LogP contribution in [0.4, 0.5) is 0 Å². The van der Waals surface area contributed by atoms with Gasteiger partial charge in [-0.25, -0.2) is 0 Å². The SMILES string of the molecule is CCCCCCCC/C=C\CCCCCCCC(=O)OCC(COC(=O)CCCCCCCCCCCCCCCCCCCCCCCCCC)OC(=O)CCCCCCCCCCCCCCCCCCCC. The Kier molecular flexibility index (Phi) is 63.1. The highest BCUT2D eigenvalue weighted by atomic mass is 16.6. The fraction of sp³-hybridized carbons (Fsp3) is 0.928. The monoisotopic (exact) mass is 1060 g/mol. The van der Waals surface area contributed by atoms with Gasteiger partial charge in [-0.15, -0.1) is 0 Å². The Morgan fingerprint density at radius 1 is 0.253 bits per heavy atom. The molecule has 0 aliphatic carbocycles. The van der Waals surface area contributed by atoms with Crippen molar-refractivity contribution in [1.82, 2.24) is 0 Å². The third-order valence-electron chi connectivity index (χ3n) is 15.8. The number of esters is 3. The summed E-state index contributed by atoms with van der Waals surface area (Å²) in [5, 5.41) is 0. The molecule has 0 heterocycles. The lowest BCUT2D eigenvalue weighted by Gasteiger charge is -2.18. The van der Waals surface area contributed by atoms with Crippen LogP contribution in [0.3, 0.4) is 0 Å². The molecule has 1 unspecified atom stereocenters. The van der Waals surface area contributed by atoms with Crippen LogP contribution in [-0.2, 0) is 28.6 Å². The van der Waals surface area contributed by atoms with Gasteiger partial charge in [0.1, 0.15) is 13.2 Å². The summed E-state index contributed by atoms with van der Waals surface area (Å²) in [6, 6.07) is 0. The summed E-state index contributed by atoms with van der Waals surface area (Å²) in [5.74, 6) is -0.840. The Bertz CT molecular complexity index is 1170. The van der Waals surface area contributed by atoms with Gasteiger partial charge in [-0.2, -0.15) is 0 Å². The van der Waals surface area contributed by atoms with E-state index in [-0.39, 0.29) is 31.1 Å². The van der Waals surface area contributed by atoms with E-state index in [1.807, 2.05) is 0 Å². The first-order valence-electron chi connectivity index (χ1n) is 34.2. The second-order valence-electron chi connectivity index (χ2n) is 23.5. The lowest BCUT2D eigenvalue weighted by Crippen LogP contribution is -2.30. The van der Waals surface area contributed by atoms with Crippen molar-refractivity contribution in [3.05, 3.63) is 12.2 Å². The first-order chi connectivity index (χ1) is 37.0. The first-order valence-corrected chi connectivity index (χ1v) is 34.2. The van der Waals surface area contributed by atoms with Crippen LogP contribution in [0.1, 0.15) is 393 Å². The molecule has 0 spiro atoms. The molecule has 75 heavy (non-hydrogen) atoms. The Labute approximate surface area is 469 Å². The quantitative estimate of drug-likeness (QED) is 0.0261. The van der Waals surface area contributed by atoms with E-state index in [0.717, 1.165) is 64.2 Å². The minimum Gasteiger partial charge on any atom is -0.462 e. The average Bonchev–Trinajstić information content (AvgIpc) is 3.41. The van der Waals surface area contributed by atoms with E-state index in [0.29, 0.717) is 19.3 Å². The molecule has 0 radical (unpaired) electrons. The largest absolute Gasteiger partial charge is 0.462 e. The van der Waals surface area contributed by atoms with Gasteiger partial charge in [-0.3, -0.25) is 14.4 Å². The van der Waals surface area contributed by atoms with Gasteiger partial charge in [0, 0.05) is 19.3 Å². The maximum atomic E-state index is 12.9. The van der Waals surface area contributed by atoms with Crippen LogP contribution in [0.5, 0.6) is 0 Å². The van der Waals surface area contributed by atoms with Crippen LogP contribution in [0.25, 0.3) is 0 Å². The fourth-order valence-corrected chi connectivity index (χ4v) is 10.6. The summed E-state index contributed by atoms with van der Waals surface area (Å²) in [4.78, 5) is 38.4. The van der Waals surface area contributed by atoms with E-state index in [9.17, 15) is 14.4 Å². The second-order valence-corrected chi connectivity index (χ2v) is 23.5. The number of allylic oxidation sites excluding steroid dienone is 2. The maximum Gasteiger partial charge on any atom is 0.306 e. The van der Waals surface area contributed by atoms with Crippen LogP contribution >= 0.6 is 0 Å². The van der Waals surface area contributed by atoms with Gasteiger partial charge < -0.3 is 14.2 Å². The molecule has 0 saturated carbocycles. The summed E-state index contributed by atoms with van der Waals surface area (Å²) >= 11 is 0. The van der Waals surface area contributed by atoms with E-state index >= 15 is 0 Å². The van der Waals surface area contributed by atoms with Gasteiger partial charge in [0.2, 0.25) is 0 Å². The standard InChI is InChI=1S/C69H132O6/c1-4-7-10-13-16-19-22-25-28-30-32-33-34-35-36-37-39-41-44-47-50-53-56-59-62-68(71)74-65-66(64-73-67(70)61-58-55-52-49-46-43-40-27-24-21-18-15-12-9-6-3)75-69(72)63-60-57-54-51-48-45-42-38-31-29-26-23-20-17-14-11-8-5-2/h27,40,66H,4-26,28-39,41-65H2,1-3H3/b40-27-. The van der Waals surface area contributed by atoms with Crippen LogP contribution in [0, 0.1) is 0 Å². The van der Waals surface area contributed by atoms with Gasteiger partial charge in [0.15, 0.2) is 6.10 Å². The highest BCUT2D eigenvalue weighted by Gasteiger charge is 2.19. The summed E-state index contributed by atoms with van der Waals surface area (Å²) in [7, 11) is 0. The normalized spacial score (nSPS) is 12.0. The van der Waals surface area contributed by atoms with Crippen molar-refractivity contribution in [2.24, 2.45) is 0 Å². The van der Waals surface area contributed by atoms with Gasteiger partial charge in [-0.1, -0.05) is 341 Å². The van der Waals surface area contributed by atoms with Crippen LogP contribution in [-0.4, -0.2) is 37.2 Å². The third-order valence-corrected chi connectivity index (χ3v) is 15.8. The average molecular weight is 1060 g/mol. The Morgan fingerprint density at radius 2 is 0.440 bits per heavy atom. The molecule has 1 atom stereocenters. The predicted octanol–water partition coefficient (Wildman–Crippen LogP) is 23.2. The lowest BCUT2D eigenvalue weighted by atomic mass is 10.0. The number of ether oxygens (including phenoxy) is 3. The van der Waals surface area contributed by atoms with Crippen LogP contribution in [0.15, 0.2) is 12.2 Å². The molecular weight excluding hydrogens is 925 g/mol. The smallest absolute Gasteiger partial charge is 0.306 e. The number of hydrogen-bond acceptors (Lipinski definition) is 6. The summed E-state index contributed by atoms with van der Waals surface area (Å²) < 4.78 is 17.0. The molecule has 0 rings (SSSR count). The molecule has 0 aromatic heterocycles. The van der Waals surface area contributed by atoms with Crippen molar-refractivity contribution in [3.8, 4) is 0 Å². The molecule has 0 N–H and O–H groups in total. The molecule has 0 amide bonds. The zero-order chi connectivity index (χ0) is 54.3. The Balaban J connectivity index is 4.24. The third kappa shape index (κ3) is 62.9. The summed E-state index contributed by atoms with van der Waals surface area (Å²) in [5.41, 5.74) is 0. The molecule has 0 aromatic rings. The number of hydrogen-bond donors (Lipinski definition) is 0. The van der Waals surface area contributed by atoms with Crippen LogP contribution < -0.4 is 0 Å². The number of carbonyl (C=O) groups is 3. The van der Waals surface area contributed by atoms with E-state index in [1.54, 1.807) is 0 Å². The van der Waals surface area contributed by atoms with Crippen molar-refractivity contribution in [2.75, 3.05) is 13.2 Å². The molecule has 0 aliphatic rings. The molecule has 0 bridgehead atoms. The summed E-state index contributed by atoms with van der Waals surface area (Å²) in [6.07, 6.45) is 76.6. The maximum absolute atomic E-state index is 12.9. The van der Waals surface area contributed by atoms with E-state index < -0.39 is 6.10 Å². The predicted molar refractivity (Wildman–Crippen MR) is 326 cm³/mol. The Morgan fingerprint density at radius 3 is 0.667 bits per heavy atom.